The topological polar surface area (TPSA) is 65.6 Å². The summed E-state index contributed by atoms with van der Waals surface area (Å²) in [6.45, 7) is 4.62. The fourth-order valence-electron chi connectivity index (χ4n) is 1.96. The summed E-state index contributed by atoms with van der Waals surface area (Å²) in [5, 5.41) is 21.8. The van der Waals surface area contributed by atoms with E-state index in [9.17, 15) is 10.2 Å². The van der Waals surface area contributed by atoms with Gasteiger partial charge in [-0.2, -0.15) is 0 Å². The molecule has 0 spiro atoms. The van der Waals surface area contributed by atoms with Crippen molar-refractivity contribution in [2.45, 2.75) is 32.6 Å². The van der Waals surface area contributed by atoms with Crippen LogP contribution in [0.1, 0.15) is 31.3 Å². The van der Waals surface area contributed by atoms with Gasteiger partial charge < -0.3 is 32.4 Å². The highest BCUT2D eigenvalue weighted by molar-refractivity contribution is 5.58. The molecule has 0 aliphatic rings. The van der Waals surface area contributed by atoms with Crippen LogP contribution in [-0.2, 0) is 6.54 Å². The average Bonchev–Trinajstić information content (AvgIpc) is 2.87. The Balaban J connectivity index is 0.00000220. The third-order valence-electron chi connectivity index (χ3n) is 3.08. The molecule has 0 saturated heterocycles. The van der Waals surface area contributed by atoms with Crippen LogP contribution in [0.3, 0.4) is 0 Å². The molecule has 0 aliphatic heterocycles. The highest BCUT2D eigenvalue weighted by Gasteiger charge is 2.06. The van der Waals surface area contributed by atoms with Crippen LogP contribution in [0.15, 0.2) is 40.8 Å². The Kier molecular flexibility index (Phi) is 6.92. The number of rotatable bonds is 6. The molecule has 0 radical (unpaired) electrons. The summed E-state index contributed by atoms with van der Waals surface area (Å²) in [5.41, 5.74) is 1.87. The zero-order valence-electron chi connectivity index (χ0n) is 12.2. The van der Waals surface area contributed by atoms with E-state index in [0.717, 1.165) is 22.6 Å². The molecule has 0 amide bonds. The summed E-state index contributed by atoms with van der Waals surface area (Å²) < 4.78 is 5.75. The lowest BCUT2D eigenvalue weighted by Gasteiger charge is -2.05. The Hall–Kier alpha value is -1.33. The highest BCUT2D eigenvalue weighted by Crippen LogP contribution is 2.24. The Labute approximate surface area is 131 Å². The number of aliphatic hydroxyl groups is 2. The standard InChI is InChI=1S/C16H21NO3.ClH/c1-11(18)9-17-10-15-7-8-16(20-15)14-5-3-13(4-6-14)12(2)19;/h3-8,11-12,17-19H,9-10H2,1-2H3;1H/p-1. The van der Waals surface area contributed by atoms with E-state index in [1.54, 1.807) is 13.8 Å². The summed E-state index contributed by atoms with van der Waals surface area (Å²) >= 11 is 0. The predicted octanol–water partition coefficient (Wildman–Crippen LogP) is -0.526. The molecule has 0 fully saturated rings. The smallest absolute Gasteiger partial charge is 0.134 e. The Morgan fingerprint density at radius 2 is 1.71 bits per heavy atom. The number of furan rings is 1. The second-order valence-corrected chi connectivity index (χ2v) is 5.04. The molecule has 0 saturated carbocycles. The molecule has 2 atom stereocenters. The first kappa shape index (κ1) is 17.7. The monoisotopic (exact) mass is 310 g/mol. The number of hydrogen-bond acceptors (Lipinski definition) is 4. The fraction of sp³-hybridized carbons (Fsp3) is 0.375. The molecule has 0 aliphatic carbocycles. The van der Waals surface area contributed by atoms with Gasteiger partial charge in [-0.15, -0.1) is 0 Å². The number of aliphatic hydroxyl groups excluding tert-OH is 2. The summed E-state index contributed by atoms with van der Waals surface area (Å²) in [7, 11) is 0. The summed E-state index contributed by atoms with van der Waals surface area (Å²) in [4.78, 5) is 0. The molecule has 21 heavy (non-hydrogen) atoms. The van der Waals surface area contributed by atoms with Crippen LogP contribution in [0.2, 0.25) is 0 Å². The molecule has 1 aromatic carbocycles. The van der Waals surface area contributed by atoms with Crippen molar-refractivity contribution in [1.82, 2.24) is 5.32 Å². The van der Waals surface area contributed by atoms with Crippen LogP contribution in [0.4, 0.5) is 0 Å². The maximum atomic E-state index is 9.48. The second kappa shape index (κ2) is 8.20. The van der Waals surface area contributed by atoms with E-state index in [0.29, 0.717) is 13.1 Å². The van der Waals surface area contributed by atoms with Gasteiger partial charge in [0.2, 0.25) is 0 Å². The number of hydrogen-bond donors (Lipinski definition) is 3. The van der Waals surface area contributed by atoms with Gasteiger partial charge in [0.15, 0.2) is 0 Å². The Morgan fingerprint density at radius 1 is 1.05 bits per heavy atom. The van der Waals surface area contributed by atoms with Crippen molar-refractivity contribution in [3.63, 3.8) is 0 Å². The molecule has 1 aromatic heterocycles. The summed E-state index contributed by atoms with van der Waals surface area (Å²) in [6.07, 6.45) is -0.821. The molecular formula is C16H21ClNO3-. The van der Waals surface area contributed by atoms with Crippen LogP contribution in [0.5, 0.6) is 0 Å². The minimum absolute atomic E-state index is 0. The van der Waals surface area contributed by atoms with E-state index >= 15 is 0 Å². The van der Waals surface area contributed by atoms with Crippen molar-refractivity contribution in [2.24, 2.45) is 0 Å². The van der Waals surface area contributed by atoms with Crippen LogP contribution in [-0.4, -0.2) is 22.9 Å². The molecular weight excluding hydrogens is 290 g/mol. The van der Waals surface area contributed by atoms with Gasteiger partial charge in [-0.05, 0) is 31.5 Å². The first-order valence-electron chi connectivity index (χ1n) is 6.82. The predicted molar refractivity (Wildman–Crippen MR) is 78.2 cm³/mol. The minimum Gasteiger partial charge on any atom is -1.00 e. The fourth-order valence-corrected chi connectivity index (χ4v) is 1.96. The Bertz CT molecular complexity index is 535. The van der Waals surface area contributed by atoms with E-state index in [1.807, 2.05) is 36.4 Å². The lowest BCUT2D eigenvalue weighted by molar-refractivity contribution is -0.00000892. The van der Waals surface area contributed by atoms with Crippen molar-refractivity contribution in [2.75, 3.05) is 6.54 Å². The SMILES string of the molecule is CC(O)CNCc1ccc(-c2ccc(C(C)O)cc2)o1.[Cl-]. The Morgan fingerprint density at radius 3 is 2.29 bits per heavy atom. The summed E-state index contributed by atoms with van der Waals surface area (Å²) in [5.74, 6) is 1.64. The summed E-state index contributed by atoms with van der Waals surface area (Å²) in [6, 6.07) is 11.5. The molecule has 5 heteroatoms. The van der Waals surface area contributed by atoms with E-state index in [4.69, 9.17) is 4.42 Å². The van der Waals surface area contributed by atoms with Crippen molar-refractivity contribution in [3.05, 3.63) is 47.7 Å². The molecule has 3 N–H and O–H groups in total. The van der Waals surface area contributed by atoms with Crippen molar-refractivity contribution in [1.29, 1.82) is 0 Å². The average molecular weight is 311 g/mol. The van der Waals surface area contributed by atoms with Crippen LogP contribution >= 0.6 is 0 Å². The molecule has 1 heterocycles. The van der Waals surface area contributed by atoms with Gasteiger partial charge in [0, 0.05) is 12.1 Å². The van der Waals surface area contributed by atoms with Gasteiger partial charge in [0.1, 0.15) is 11.5 Å². The number of nitrogens with one attached hydrogen (secondary N) is 1. The molecule has 116 valence electrons. The van der Waals surface area contributed by atoms with Gasteiger partial charge >= 0.3 is 0 Å². The van der Waals surface area contributed by atoms with Crippen molar-refractivity contribution < 1.29 is 27.0 Å². The van der Waals surface area contributed by atoms with Gasteiger partial charge in [-0.3, -0.25) is 0 Å². The molecule has 2 unspecified atom stereocenters. The maximum absolute atomic E-state index is 9.48. The quantitative estimate of drug-likeness (QED) is 0.671. The molecule has 2 aromatic rings. The lowest BCUT2D eigenvalue weighted by atomic mass is 10.1. The van der Waals surface area contributed by atoms with E-state index in [-0.39, 0.29) is 18.5 Å². The van der Waals surface area contributed by atoms with Crippen LogP contribution < -0.4 is 17.7 Å². The maximum Gasteiger partial charge on any atom is 0.134 e. The van der Waals surface area contributed by atoms with Crippen LogP contribution in [0, 0.1) is 0 Å². The van der Waals surface area contributed by atoms with Crippen molar-refractivity contribution >= 4 is 0 Å². The highest BCUT2D eigenvalue weighted by atomic mass is 35.5. The van der Waals surface area contributed by atoms with Gasteiger partial charge in [0.25, 0.3) is 0 Å². The third-order valence-corrected chi connectivity index (χ3v) is 3.08. The molecule has 2 rings (SSSR count). The first-order chi connectivity index (χ1) is 9.56. The zero-order chi connectivity index (χ0) is 14.5. The normalized spacial score (nSPS) is 13.5. The van der Waals surface area contributed by atoms with E-state index in [1.165, 1.54) is 0 Å². The van der Waals surface area contributed by atoms with Gasteiger partial charge in [-0.25, -0.2) is 0 Å². The second-order valence-electron chi connectivity index (χ2n) is 5.04. The molecule has 0 bridgehead atoms. The largest absolute Gasteiger partial charge is 1.00 e. The number of halogens is 1. The van der Waals surface area contributed by atoms with Crippen molar-refractivity contribution in [3.8, 4) is 11.3 Å². The van der Waals surface area contributed by atoms with E-state index in [2.05, 4.69) is 5.32 Å². The zero-order valence-corrected chi connectivity index (χ0v) is 13.0. The third kappa shape index (κ3) is 5.17. The minimum atomic E-state index is -0.458. The van der Waals surface area contributed by atoms with Crippen LogP contribution in [0.25, 0.3) is 11.3 Å². The van der Waals surface area contributed by atoms with Gasteiger partial charge in [0.05, 0.1) is 18.8 Å². The first-order valence-corrected chi connectivity index (χ1v) is 6.82. The van der Waals surface area contributed by atoms with Gasteiger partial charge in [-0.1, -0.05) is 24.3 Å². The molecule has 4 nitrogen and oxygen atoms in total. The lowest BCUT2D eigenvalue weighted by Crippen LogP contribution is -3.00. The number of benzene rings is 1. The van der Waals surface area contributed by atoms with E-state index < -0.39 is 6.10 Å².